The van der Waals surface area contributed by atoms with Crippen LogP contribution in [0.1, 0.15) is 5.82 Å². The highest BCUT2D eigenvalue weighted by molar-refractivity contribution is 5.44. The van der Waals surface area contributed by atoms with Crippen molar-refractivity contribution in [3.63, 3.8) is 0 Å². The quantitative estimate of drug-likeness (QED) is 0.723. The summed E-state index contributed by atoms with van der Waals surface area (Å²) in [5, 5.41) is 22.2. The number of phenols is 1. The fraction of sp³-hybridized carbons (Fsp3) is 0.111. The number of aromatic nitrogens is 3. The fourth-order valence-corrected chi connectivity index (χ4v) is 1.14. The number of rotatable bonds is 2. The zero-order valence-corrected chi connectivity index (χ0v) is 7.33. The molecule has 72 valence electrons. The minimum atomic E-state index is -0.208. The minimum absolute atomic E-state index is 0.127. The molecule has 0 atom stereocenters. The number of phenolic OH excluding ortho intramolecular Hbond substituents is 1. The van der Waals surface area contributed by atoms with Gasteiger partial charge in [-0.15, -0.1) is 5.10 Å². The van der Waals surface area contributed by atoms with E-state index in [9.17, 15) is 5.11 Å². The van der Waals surface area contributed by atoms with Gasteiger partial charge in [0.05, 0.1) is 0 Å². The number of aliphatic hydroxyl groups excluding tert-OH is 1. The number of aromatic hydroxyl groups is 1. The lowest BCUT2D eigenvalue weighted by Crippen LogP contribution is -1.96. The summed E-state index contributed by atoms with van der Waals surface area (Å²) < 4.78 is 1.42. The molecule has 1 heterocycles. The molecule has 0 spiro atoms. The maximum absolute atomic E-state index is 9.49. The van der Waals surface area contributed by atoms with Gasteiger partial charge in [-0.3, -0.25) is 0 Å². The zero-order valence-electron chi connectivity index (χ0n) is 7.33. The maximum Gasteiger partial charge on any atom is 0.176 e. The summed E-state index contributed by atoms with van der Waals surface area (Å²) >= 11 is 0. The van der Waals surface area contributed by atoms with Crippen molar-refractivity contribution in [3.05, 3.63) is 36.4 Å². The molecule has 0 bridgehead atoms. The van der Waals surface area contributed by atoms with Crippen molar-refractivity contribution >= 4 is 0 Å². The van der Waals surface area contributed by atoms with E-state index >= 15 is 0 Å². The van der Waals surface area contributed by atoms with Gasteiger partial charge in [0.1, 0.15) is 24.4 Å². The van der Waals surface area contributed by atoms with Gasteiger partial charge in [-0.25, -0.2) is 9.67 Å². The highest BCUT2D eigenvalue weighted by Gasteiger charge is 2.04. The van der Waals surface area contributed by atoms with E-state index in [1.54, 1.807) is 24.3 Å². The Morgan fingerprint density at radius 2 is 2.07 bits per heavy atom. The van der Waals surface area contributed by atoms with Crippen molar-refractivity contribution in [3.8, 4) is 11.4 Å². The van der Waals surface area contributed by atoms with Crippen LogP contribution in [0.5, 0.6) is 5.75 Å². The molecule has 0 saturated carbocycles. The summed E-state index contributed by atoms with van der Waals surface area (Å²) in [5.74, 6) is 0.454. The summed E-state index contributed by atoms with van der Waals surface area (Å²) in [5.41, 5.74) is 0.541. The smallest absolute Gasteiger partial charge is 0.176 e. The van der Waals surface area contributed by atoms with E-state index in [2.05, 4.69) is 10.1 Å². The summed E-state index contributed by atoms with van der Waals surface area (Å²) in [4.78, 5) is 3.84. The summed E-state index contributed by atoms with van der Waals surface area (Å²) in [6, 6.07) is 6.79. The van der Waals surface area contributed by atoms with Gasteiger partial charge < -0.3 is 10.2 Å². The lowest BCUT2D eigenvalue weighted by Gasteiger charge is -2.01. The summed E-state index contributed by atoms with van der Waals surface area (Å²) in [6.07, 6.45) is 1.45. The van der Waals surface area contributed by atoms with Gasteiger partial charge in [0, 0.05) is 0 Å². The van der Waals surface area contributed by atoms with Crippen molar-refractivity contribution in [2.75, 3.05) is 0 Å². The second-order valence-electron chi connectivity index (χ2n) is 2.75. The molecule has 1 aromatic carbocycles. The van der Waals surface area contributed by atoms with Crippen LogP contribution in [0.3, 0.4) is 0 Å². The fourth-order valence-electron chi connectivity index (χ4n) is 1.14. The maximum atomic E-state index is 9.49. The first-order valence-electron chi connectivity index (χ1n) is 4.11. The molecule has 0 aliphatic rings. The molecular formula is C9H9N3O2. The molecule has 0 fully saturated rings. The highest BCUT2D eigenvalue weighted by Crippen LogP contribution is 2.18. The molecule has 2 aromatic rings. The minimum Gasteiger partial charge on any atom is -0.506 e. The number of hydrogen-bond donors (Lipinski definition) is 2. The molecule has 0 unspecified atom stereocenters. The van der Waals surface area contributed by atoms with Crippen LogP contribution in [-0.2, 0) is 6.61 Å². The highest BCUT2D eigenvalue weighted by atomic mass is 16.3. The predicted molar refractivity (Wildman–Crippen MR) is 48.9 cm³/mol. The Morgan fingerprint density at radius 3 is 2.71 bits per heavy atom. The van der Waals surface area contributed by atoms with Gasteiger partial charge >= 0.3 is 0 Å². The number of hydrogen-bond acceptors (Lipinski definition) is 4. The van der Waals surface area contributed by atoms with Gasteiger partial charge in [0.25, 0.3) is 0 Å². The Balaban J connectivity index is 2.44. The first kappa shape index (κ1) is 8.71. The molecule has 2 rings (SSSR count). The molecule has 0 amide bonds. The number of para-hydroxylation sites is 2. The molecule has 0 radical (unpaired) electrons. The van der Waals surface area contributed by atoms with Gasteiger partial charge in [-0.1, -0.05) is 12.1 Å². The summed E-state index contributed by atoms with van der Waals surface area (Å²) in [7, 11) is 0. The molecule has 2 N–H and O–H groups in total. The van der Waals surface area contributed by atoms with Gasteiger partial charge in [-0.05, 0) is 12.1 Å². The average Bonchev–Trinajstić information content (AvgIpc) is 2.67. The second kappa shape index (κ2) is 3.47. The first-order valence-corrected chi connectivity index (χ1v) is 4.11. The van der Waals surface area contributed by atoms with Crippen LogP contribution >= 0.6 is 0 Å². The van der Waals surface area contributed by atoms with E-state index in [1.807, 2.05) is 0 Å². The van der Waals surface area contributed by atoms with Crippen molar-refractivity contribution in [1.29, 1.82) is 0 Å². The predicted octanol–water partition coefficient (Wildman–Crippen LogP) is 0.465. The molecule has 1 aromatic heterocycles. The molecule has 0 saturated heterocycles. The van der Waals surface area contributed by atoms with Crippen LogP contribution in [0.25, 0.3) is 5.69 Å². The first-order chi connectivity index (χ1) is 6.81. The van der Waals surface area contributed by atoms with E-state index in [1.165, 1.54) is 11.0 Å². The largest absolute Gasteiger partial charge is 0.506 e. The van der Waals surface area contributed by atoms with Crippen LogP contribution in [0, 0.1) is 0 Å². The van der Waals surface area contributed by atoms with Gasteiger partial charge in [0.2, 0.25) is 0 Å². The van der Waals surface area contributed by atoms with E-state index < -0.39 is 0 Å². The molecular weight excluding hydrogens is 182 g/mol. The third kappa shape index (κ3) is 1.45. The average molecular weight is 191 g/mol. The van der Waals surface area contributed by atoms with E-state index in [0.717, 1.165) is 0 Å². The topological polar surface area (TPSA) is 71.2 Å². The second-order valence-corrected chi connectivity index (χ2v) is 2.75. The Hall–Kier alpha value is -1.88. The Bertz CT molecular complexity index is 439. The van der Waals surface area contributed by atoms with Crippen molar-refractivity contribution < 1.29 is 10.2 Å². The molecule has 0 aliphatic heterocycles. The standard InChI is InChI=1S/C9H9N3O2/c13-5-9-10-6-12(11-9)7-3-1-2-4-8(7)14/h1-4,6,13-14H,5H2. The monoisotopic (exact) mass is 191 g/mol. The number of aliphatic hydroxyl groups is 1. The van der Waals surface area contributed by atoms with E-state index in [-0.39, 0.29) is 12.4 Å². The molecule has 14 heavy (non-hydrogen) atoms. The Labute approximate surface area is 80.3 Å². The number of benzene rings is 1. The zero-order chi connectivity index (χ0) is 9.97. The van der Waals surface area contributed by atoms with E-state index in [4.69, 9.17) is 5.11 Å². The van der Waals surface area contributed by atoms with Crippen LogP contribution in [0.15, 0.2) is 30.6 Å². The van der Waals surface area contributed by atoms with Crippen molar-refractivity contribution in [2.45, 2.75) is 6.61 Å². The van der Waals surface area contributed by atoms with Crippen LogP contribution in [-0.4, -0.2) is 25.0 Å². The third-order valence-corrected chi connectivity index (χ3v) is 1.81. The normalized spacial score (nSPS) is 10.4. The SMILES string of the molecule is OCc1ncn(-c2ccccc2O)n1. The third-order valence-electron chi connectivity index (χ3n) is 1.81. The van der Waals surface area contributed by atoms with E-state index in [0.29, 0.717) is 11.5 Å². The van der Waals surface area contributed by atoms with Gasteiger partial charge in [-0.2, -0.15) is 0 Å². The van der Waals surface area contributed by atoms with Gasteiger partial charge in [0.15, 0.2) is 5.82 Å². The lowest BCUT2D eigenvalue weighted by atomic mass is 10.3. The molecule has 5 heteroatoms. The Morgan fingerprint density at radius 1 is 1.29 bits per heavy atom. The summed E-state index contributed by atoms with van der Waals surface area (Å²) in [6.45, 7) is -0.208. The van der Waals surface area contributed by atoms with Crippen LogP contribution < -0.4 is 0 Å². The number of nitrogens with zero attached hydrogens (tertiary/aromatic N) is 3. The Kier molecular flexibility index (Phi) is 2.16. The van der Waals surface area contributed by atoms with Crippen molar-refractivity contribution in [1.82, 2.24) is 14.8 Å². The lowest BCUT2D eigenvalue weighted by molar-refractivity contribution is 0.271. The van der Waals surface area contributed by atoms with Crippen LogP contribution in [0.4, 0.5) is 0 Å². The van der Waals surface area contributed by atoms with Crippen LogP contribution in [0.2, 0.25) is 0 Å². The molecule has 0 aliphatic carbocycles. The molecule has 5 nitrogen and oxygen atoms in total. The van der Waals surface area contributed by atoms with Crippen molar-refractivity contribution in [2.24, 2.45) is 0 Å².